The molecule has 28 heavy (non-hydrogen) atoms. The molecular weight excluding hydrogens is 389 g/mol. The van der Waals surface area contributed by atoms with Gasteiger partial charge in [-0.1, -0.05) is 36.4 Å². The van der Waals surface area contributed by atoms with Gasteiger partial charge in [-0.2, -0.15) is 0 Å². The number of rotatable bonds is 12. The smallest absolute Gasteiger partial charge is 0.132 e. The van der Waals surface area contributed by atoms with E-state index >= 15 is 0 Å². The van der Waals surface area contributed by atoms with E-state index in [4.69, 9.17) is 4.74 Å². The molecule has 7 heteroatoms. The van der Waals surface area contributed by atoms with Crippen LogP contribution in [0.2, 0.25) is 0 Å². The predicted octanol–water partition coefficient (Wildman–Crippen LogP) is 3.67. The number of aromatic nitrogens is 2. The van der Waals surface area contributed by atoms with Crippen LogP contribution in [-0.2, 0) is 27.3 Å². The van der Waals surface area contributed by atoms with Gasteiger partial charge in [-0.3, -0.25) is 4.21 Å². The molecule has 0 aliphatic rings. The molecule has 1 aromatic carbocycles. The number of hydrogen-bond acceptors (Lipinski definition) is 5. The third-order valence-electron chi connectivity index (χ3n) is 4.25. The fraction of sp³-hybridized carbons (Fsp3) is 0.429. The molecule has 0 N–H and O–H groups in total. The van der Waals surface area contributed by atoms with E-state index in [2.05, 4.69) is 28.1 Å². The summed E-state index contributed by atoms with van der Waals surface area (Å²) < 4.78 is 18.4. The van der Waals surface area contributed by atoms with Crippen LogP contribution in [0.25, 0.3) is 0 Å². The molecule has 0 radical (unpaired) electrons. The molecule has 0 saturated heterocycles. The molecule has 2 aromatic rings. The number of benzene rings is 1. The maximum absolute atomic E-state index is 13.0. The predicted molar refractivity (Wildman–Crippen MR) is 121 cm³/mol. The summed E-state index contributed by atoms with van der Waals surface area (Å²) >= 11 is 0. The van der Waals surface area contributed by atoms with Crippen LogP contribution in [0.4, 0.5) is 5.82 Å². The van der Waals surface area contributed by atoms with Crippen molar-refractivity contribution in [2.45, 2.75) is 25.5 Å². The van der Waals surface area contributed by atoms with Crippen LogP contribution in [0.1, 0.15) is 24.9 Å². The zero-order valence-corrected chi connectivity index (χ0v) is 18.7. The summed E-state index contributed by atoms with van der Waals surface area (Å²) in [5.41, 5.74) is 0.830. The van der Waals surface area contributed by atoms with Crippen LogP contribution in [0.5, 0.6) is 0 Å². The van der Waals surface area contributed by atoms with Gasteiger partial charge < -0.3 is 9.64 Å². The number of likely N-dealkylation sites (N-methyl/N-ethyl adjacent to an activating group) is 1. The lowest BCUT2D eigenvalue weighted by Crippen LogP contribution is -2.24. The average molecular weight is 420 g/mol. The lowest BCUT2D eigenvalue weighted by atomic mass is 10.3. The summed E-state index contributed by atoms with van der Waals surface area (Å²) in [4.78, 5) is 11.4. The van der Waals surface area contributed by atoms with Crippen molar-refractivity contribution in [1.29, 1.82) is 0 Å². The lowest BCUT2D eigenvalue weighted by Gasteiger charge is -2.20. The zero-order chi connectivity index (χ0) is 20.4. The molecule has 0 bridgehead atoms. The average Bonchev–Trinajstić information content (AvgIpc) is 2.72. The fourth-order valence-corrected chi connectivity index (χ4v) is 6.06. The van der Waals surface area contributed by atoms with E-state index in [9.17, 15) is 4.21 Å². The van der Waals surface area contributed by atoms with Crippen molar-refractivity contribution in [3.63, 3.8) is 0 Å². The van der Waals surface area contributed by atoms with Crippen LogP contribution in [0, 0.1) is 0 Å². The van der Waals surface area contributed by atoms with Gasteiger partial charge in [0.05, 0.1) is 28.5 Å². The molecule has 5 nitrogen and oxygen atoms in total. The van der Waals surface area contributed by atoms with Gasteiger partial charge in [0.15, 0.2) is 0 Å². The second-order valence-electron chi connectivity index (χ2n) is 6.38. The molecule has 2 atom stereocenters. The highest BCUT2D eigenvalue weighted by atomic mass is 32.7. The van der Waals surface area contributed by atoms with Crippen LogP contribution >= 0.6 is 7.12 Å². The van der Waals surface area contributed by atoms with Crippen LogP contribution in [-0.4, -0.2) is 47.6 Å². The van der Waals surface area contributed by atoms with Gasteiger partial charge in [0, 0.05) is 39.8 Å². The molecule has 0 saturated carbocycles. The number of anilines is 1. The number of aryl methyl sites for hydroxylation is 1. The van der Waals surface area contributed by atoms with Gasteiger partial charge in [0.1, 0.15) is 11.6 Å². The fourth-order valence-electron chi connectivity index (χ4n) is 2.59. The van der Waals surface area contributed by atoms with Crippen molar-refractivity contribution < 1.29 is 8.95 Å². The van der Waals surface area contributed by atoms with E-state index in [-0.39, 0.29) is 0 Å². The molecule has 152 valence electrons. The molecule has 0 aliphatic carbocycles. The minimum Gasteiger partial charge on any atom is -0.380 e. The molecular formula is C21H30N3O2PS. The lowest BCUT2D eigenvalue weighted by molar-refractivity contribution is 0.154. The molecule has 0 fully saturated rings. The normalized spacial score (nSPS) is 13.1. The van der Waals surface area contributed by atoms with Gasteiger partial charge in [-0.05, 0) is 25.3 Å². The molecule has 0 aliphatic heterocycles. The molecule has 0 amide bonds. The van der Waals surface area contributed by atoms with Crippen LogP contribution in [0.15, 0.2) is 49.1 Å². The highest BCUT2D eigenvalue weighted by Gasteiger charge is 2.16. The Morgan fingerprint density at radius 1 is 1.29 bits per heavy atom. The highest BCUT2D eigenvalue weighted by Crippen LogP contribution is 2.36. The molecule has 2 rings (SSSR count). The minimum atomic E-state index is -0.998. The van der Waals surface area contributed by atoms with E-state index in [0.29, 0.717) is 19.0 Å². The van der Waals surface area contributed by atoms with Gasteiger partial charge in [0.2, 0.25) is 0 Å². The Morgan fingerprint density at radius 3 is 2.71 bits per heavy atom. The monoisotopic (exact) mass is 419 g/mol. The molecule has 2 unspecified atom stereocenters. The van der Waals surface area contributed by atoms with Crippen LogP contribution < -0.4 is 10.2 Å². The summed E-state index contributed by atoms with van der Waals surface area (Å²) in [6.07, 6.45) is 3.42. The Balaban J connectivity index is 2.17. The standard InChI is InChI=1S/C21H30N3O2PS/c1-5-7-13-20-22-18(16-21(23-20)24(3)14-15-26-6-2)17-28(25)27(4)19-11-9-8-10-12-19/h5,8-12,16H,1,6-7,13-15,17H2,2-4H3. The highest BCUT2D eigenvalue weighted by molar-refractivity contribution is 8.48. The van der Waals surface area contributed by atoms with Gasteiger partial charge in [-0.25, -0.2) is 9.97 Å². The third-order valence-corrected chi connectivity index (χ3v) is 9.28. The maximum atomic E-state index is 13.0. The first-order chi connectivity index (χ1) is 13.5. The van der Waals surface area contributed by atoms with Crippen molar-refractivity contribution in [3.8, 4) is 0 Å². The summed E-state index contributed by atoms with van der Waals surface area (Å²) in [6, 6.07) is 12.0. The van der Waals surface area contributed by atoms with E-state index in [0.717, 1.165) is 42.0 Å². The summed E-state index contributed by atoms with van der Waals surface area (Å²) in [5.74, 6) is 2.06. The largest absolute Gasteiger partial charge is 0.380 e. The van der Waals surface area contributed by atoms with E-state index < -0.39 is 17.5 Å². The molecule has 1 heterocycles. The third kappa shape index (κ3) is 7.08. The van der Waals surface area contributed by atoms with E-state index in [1.165, 1.54) is 0 Å². The van der Waals surface area contributed by atoms with E-state index in [1.54, 1.807) is 0 Å². The van der Waals surface area contributed by atoms with E-state index in [1.807, 2.05) is 56.4 Å². The zero-order valence-electron chi connectivity index (χ0n) is 17.0. The molecule has 1 aromatic heterocycles. The van der Waals surface area contributed by atoms with Crippen molar-refractivity contribution in [2.75, 3.05) is 38.4 Å². The van der Waals surface area contributed by atoms with Crippen molar-refractivity contribution in [1.82, 2.24) is 9.97 Å². The second-order valence-corrected chi connectivity index (χ2v) is 11.7. The Morgan fingerprint density at radius 2 is 2.04 bits per heavy atom. The summed E-state index contributed by atoms with van der Waals surface area (Å²) in [7, 11) is 0.243. The van der Waals surface area contributed by atoms with Crippen molar-refractivity contribution in [3.05, 3.63) is 60.6 Å². The number of nitrogens with zero attached hydrogens (tertiary/aromatic N) is 3. The van der Waals surface area contributed by atoms with Crippen molar-refractivity contribution >= 4 is 28.7 Å². The minimum absolute atomic E-state index is 0.438. The maximum Gasteiger partial charge on any atom is 0.132 e. The Kier molecular flexibility index (Phi) is 9.76. The second kappa shape index (κ2) is 12.1. The first-order valence-corrected chi connectivity index (χ1v) is 13.2. The Labute approximate surface area is 172 Å². The summed E-state index contributed by atoms with van der Waals surface area (Å²) in [5, 5.41) is 1.14. The Bertz CT molecular complexity index is 774. The summed E-state index contributed by atoms with van der Waals surface area (Å²) in [6.45, 7) is 9.93. The first kappa shape index (κ1) is 22.7. The number of ether oxygens (including phenoxy) is 1. The van der Waals surface area contributed by atoms with Gasteiger partial charge >= 0.3 is 0 Å². The van der Waals surface area contributed by atoms with Crippen LogP contribution in [0.3, 0.4) is 0 Å². The van der Waals surface area contributed by atoms with Gasteiger partial charge in [0.25, 0.3) is 0 Å². The number of allylic oxidation sites excluding steroid dienone is 1. The topological polar surface area (TPSA) is 55.3 Å². The SMILES string of the molecule is C=CCCc1nc(CS(=O)P(C)c2ccccc2)cc(N(C)CCOCC)n1. The van der Waals surface area contributed by atoms with Crippen molar-refractivity contribution in [2.24, 2.45) is 0 Å². The first-order valence-electron chi connectivity index (χ1n) is 9.49. The molecule has 0 spiro atoms. The van der Waals surface area contributed by atoms with Gasteiger partial charge in [-0.15, -0.1) is 6.58 Å². The Hall–Kier alpha value is -1.62. The quantitative estimate of drug-likeness (QED) is 0.299. The number of hydrogen-bond donors (Lipinski definition) is 0.